The molecule has 1 aromatic heterocycles. The average Bonchev–Trinajstić information content (AvgIpc) is 2.39. The number of hydrogen-bond donors (Lipinski definition) is 2. The fraction of sp³-hybridized carbons (Fsp3) is 0.0909. The van der Waals surface area contributed by atoms with E-state index in [1.807, 2.05) is 0 Å². The van der Waals surface area contributed by atoms with Crippen molar-refractivity contribution in [3.63, 3.8) is 0 Å². The van der Waals surface area contributed by atoms with Crippen LogP contribution in [0, 0.1) is 6.92 Å². The molecule has 2 rings (SSSR count). The first kappa shape index (κ1) is 13.5. The lowest BCUT2D eigenvalue weighted by atomic mass is 10.2. The van der Waals surface area contributed by atoms with Crippen molar-refractivity contribution in [1.29, 1.82) is 0 Å². The molecule has 0 saturated carbocycles. The minimum Gasteiger partial charge on any atom is -0.288 e. The highest BCUT2D eigenvalue weighted by Crippen LogP contribution is 2.24. The van der Waals surface area contributed by atoms with Crippen molar-refractivity contribution in [1.82, 2.24) is 15.2 Å². The Balaban J connectivity index is 2.13. The molecule has 2 N–H and O–H groups in total. The fourth-order valence-corrected chi connectivity index (χ4v) is 1.58. The number of benzene rings is 1. The van der Waals surface area contributed by atoms with E-state index in [1.165, 1.54) is 6.21 Å². The van der Waals surface area contributed by atoms with Crippen LogP contribution < -0.4 is 11.0 Å². The number of rotatable bonds is 3. The average molecular weight is 298 g/mol. The normalized spacial score (nSPS) is 10.9. The number of aryl methyl sites for hydroxylation is 1. The van der Waals surface area contributed by atoms with Gasteiger partial charge in [-0.3, -0.25) is 9.78 Å². The van der Waals surface area contributed by atoms with Gasteiger partial charge in [0.2, 0.25) is 5.95 Å². The van der Waals surface area contributed by atoms with Crippen LogP contribution >= 0.6 is 23.2 Å². The molecule has 2 aromatic rings. The molecule has 0 saturated heterocycles. The molecule has 0 amide bonds. The molecule has 8 heteroatoms. The minimum atomic E-state index is -0.325. The third kappa shape index (κ3) is 3.30. The van der Waals surface area contributed by atoms with Crippen molar-refractivity contribution in [3.05, 3.63) is 49.9 Å². The van der Waals surface area contributed by atoms with Gasteiger partial charge in [0, 0.05) is 5.56 Å². The summed E-state index contributed by atoms with van der Waals surface area (Å²) in [7, 11) is 0. The smallest absolute Gasteiger partial charge is 0.274 e. The number of halogens is 2. The van der Waals surface area contributed by atoms with E-state index in [9.17, 15) is 4.79 Å². The van der Waals surface area contributed by atoms with Crippen LogP contribution in [-0.2, 0) is 0 Å². The maximum atomic E-state index is 11.3. The highest BCUT2D eigenvalue weighted by Gasteiger charge is 2.01. The Morgan fingerprint density at radius 3 is 2.89 bits per heavy atom. The second-order valence-electron chi connectivity index (χ2n) is 3.60. The lowest BCUT2D eigenvalue weighted by Crippen LogP contribution is -2.15. The molecule has 0 unspecified atom stereocenters. The number of aromatic nitrogens is 3. The summed E-state index contributed by atoms with van der Waals surface area (Å²) in [6.07, 6.45) is 1.47. The highest BCUT2D eigenvalue weighted by molar-refractivity contribution is 6.43. The summed E-state index contributed by atoms with van der Waals surface area (Å²) in [4.78, 5) is 13.8. The third-order valence-corrected chi connectivity index (χ3v) is 3.05. The molecular weight excluding hydrogens is 289 g/mol. The Morgan fingerprint density at radius 2 is 2.16 bits per heavy atom. The maximum Gasteiger partial charge on any atom is 0.274 e. The van der Waals surface area contributed by atoms with E-state index in [0.29, 0.717) is 15.6 Å². The number of hydrazone groups is 1. The number of H-pyrrole nitrogens is 1. The zero-order valence-corrected chi connectivity index (χ0v) is 11.3. The van der Waals surface area contributed by atoms with Gasteiger partial charge < -0.3 is 0 Å². The molecule has 0 bridgehead atoms. The molecule has 0 spiro atoms. The van der Waals surface area contributed by atoms with Gasteiger partial charge >= 0.3 is 0 Å². The third-order valence-electron chi connectivity index (χ3n) is 2.22. The van der Waals surface area contributed by atoms with Gasteiger partial charge in [0.1, 0.15) is 5.69 Å². The Bertz CT molecular complexity index is 683. The predicted molar refractivity (Wildman–Crippen MR) is 75.1 cm³/mol. The first-order valence-corrected chi connectivity index (χ1v) is 6.00. The molecule has 19 heavy (non-hydrogen) atoms. The molecule has 1 aromatic carbocycles. The first-order chi connectivity index (χ1) is 9.08. The Morgan fingerprint density at radius 1 is 1.37 bits per heavy atom. The summed E-state index contributed by atoms with van der Waals surface area (Å²) >= 11 is 11.8. The van der Waals surface area contributed by atoms with E-state index in [4.69, 9.17) is 23.2 Å². The lowest BCUT2D eigenvalue weighted by Gasteiger charge is -2.00. The molecule has 1 heterocycles. The molecule has 0 aliphatic heterocycles. The van der Waals surface area contributed by atoms with E-state index >= 15 is 0 Å². The van der Waals surface area contributed by atoms with Crippen LogP contribution in [0.1, 0.15) is 11.3 Å². The Kier molecular flexibility index (Phi) is 4.13. The maximum absolute atomic E-state index is 11.3. The van der Waals surface area contributed by atoms with Gasteiger partial charge in [0.15, 0.2) is 0 Å². The van der Waals surface area contributed by atoms with Crippen molar-refractivity contribution in [3.8, 4) is 0 Å². The summed E-state index contributed by atoms with van der Waals surface area (Å²) in [5.74, 6) is 0.144. The molecule has 0 atom stereocenters. The number of nitrogens with zero attached hydrogens (tertiary/aromatic N) is 3. The zero-order valence-electron chi connectivity index (χ0n) is 9.82. The molecule has 0 aliphatic rings. The highest BCUT2D eigenvalue weighted by atomic mass is 35.5. The van der Waals surface area contributed by atoms with Crippen LogP contribution in [0.4, 0.5) is 5.95 Å². The van der Waals surface area contributed by atoms with Gasteiger partial charge in [-0.15, -0.1) is 10.2 Å². The monoisotopic (exact) mass is 297 g/mol. The van der Waals surface area contributed by atoms with Crippen LogP contribution in [-0.4, -0.2) is 21.4 Å². The van der Waals surface area contributed by atoms with Gasteiger partial charge in [0.25, 0.3) is 5.56 Å². The predicted octanol–water partition coefficient (Wildman–Crippen LogP) is 2.23. The second-order valence-corrected chi connectivity index (χ2v) is 4.39. The van der Waals surface area contributed by atoms with E-state index in [0.717, 1.165) is 0 Å². The molecule has 0 fully saturated rings. The van der Waals surface area contributed by atoms with Crippen LogP contribution in [0.2, 0.25) is 10.0 Å². The van der Waals surface area contributed by atoms with E-state index in [2.05, 4.69) is 25.7 Å². The summed E-state index contributed by atoms with van der Waals surface area (Å²) in [5.41, 5.74) is 3.15. The van der Waals surface area contributed by atoms with Crippen molar-refractivity contribution in [2.45, 2.75) is 6.92 Å². The van der Waals surface area contributed by atoms with Gasteiger partial charge in [-0.25, -0.2) is 5.43 Å². The SMILES string of the molecule is Cc1nnc(N/N=C/c2cccc(Cl)c2Cl)[nH]c1=O. The van der Waals surface area contributed by atoms with E-state index in [1.54, 1.807) is 25.1 Å². The summed E-state index contributed by atoms with van der Waals surface area (Å²) in [6, 6.07) is 5.18. The number of anilines is 1. The van der Waals surface area contributed by atoms with Crippen molar-refractivity contribution in [2.24, 2.45) is 5.10 Å². The summed E-state index contributed by atoms with van der Waals surface area (Å²) < 4.78 is 0. The largest absolute Gasteiger partial charge is 0.288 e. The van der Waals surface area contributed by atoms with Gasteiger partial charge in [-0.05, 0) is 13.0 Å². The van der Waals surface area contributed by atoms with Crippen molar-refractivity contribution < 1.29 is 0 Å². The van der Waals surface area contributed by atoms with Gasteiger partial charge in [-0.2, -0.15) is 5.10 Å². The molecular formula is C11H9Cl2N5O. The topological polar surface area (TPSA) is 83.0 Å². The first-order valence-electron chi connectivity index (χ1n) is 5.24. The number of hydrogen-bond acceptors (Lipinski definition) is 5. The number of aromatic amines is 1. The quantitative estimate of drug-likeness (QED) is 0.672. The minimum absolute atomic E-state index is 0.144. The zero-order chi connectivity index (χ0) is 13.8. The summed E-state index contributed by atoms with van der Waals surface area (Å²) in [5, 5.41) is 12.1. The van der Waals surface area contributed by atoms with Crippen molar-refractivity contribution >= 4 is 35.4 Å². The van der Waals surface area contributed by atoms with Crippen LogP contribution in [0.25, 0.3) is 0 Å². The molecule has 98 valence electrons. The van der Waals surface area contributed by atoms with Crippen LogP contribution in [0.15, 0.2) is 28.1 Å². The van der Waals surface area contributed by atoms with Gasteiger partial charge in [0.05, 0.1) is 16.3 Å². The summed E-state index contributed by atoms with van der Waals surface area (Å²) in [6.45, 7) is 1.56. The Hall–Kier alpha value is -1.92. The second kappa shape index (κ2) is 5.81. The fourth-order valence-electron chi connectivity index (χ4n) is 1.23. The molecule has 0 aliphatic carbocycles. The van der Waals surface area contributed by atoms with Crippen LogP contribution in [0.3, 0.4) is 0 Å². The standard InChI is InChI=1S/C11H9Cl2N5O/c1-6-10(19)15-11(18-16-6)17-14-5-7-3-2-4-8(12)9(7)13/h2-5H,1H3,(H2,15,17,18,19)/b14-5+. The Labute approximate surface area is 118 Å². The number of nitrogens with one attached hydrogen (secondary N) is 2. The molecule has 0 radical (unpaired) electrons. The molecule has 6 nitrogen and oxygen atoms in total. The lowest BCUT2D eigenvalue weighted by molar-refractivity contribution is 0.897. The van der Waals surface area contributed by atoms with Crippen molar-refractivity contribution in [2.75, 3.05) is 5.43 Å². The van der Waals surface area contributed by atoms with E-state index < -0.39 is 0 Å². The van der Waals surface area contributed by atoms with Gasteiger partial charge in [-0.1, -0.05) is 35.3 Å². The van der Waals surface area contributed by atoms with Crippen LogP contribution in [0.5, 0.6) is 0 Å². The van der Waals surface area contributed by atoms with E-state index in [-0.39, 0.29) is 17.2 Å².